The minimum Gasteiger partial charge on any atom is -0.496 e. The number of halogens is 1. The predicted octanol–water partition coefficient (Wildman–Crippen LogP) is 4.38. The Morgan fingerprint density at radius 1 is 1.10 bits per heavy atom. The van der Waals surface area contributed by atoms with E-state index in [9.17, 15) is 5.11 Å². The summed E-state index contributed by atoms with van der Waals surface area (Å²) in [6, 6.07) is 16.3. The maximum atomic E-state index is 10.2. The molecule has 1 atom stereocenters. The van der Waals surface area contributed by atoms with Gasteiger partial charge in [0.15, 0.2) is 0 Å². The highest BCUT2D eigenvalue weighted by molar-refractivity contribution is 9.10. The van der Waals surface area contributed by atoms with Gasteiger partial charge in [-0.05, 0) is 64.9 Å². The van der Waals surface area contributed by atoms with Crippen LogP contribution in [-0.2, 0) is 12.8 Å². The molecule has 0 saturated carbocycles. The second kappa shape index (κ2) is 8.20. The van der Waals surface area contributed by atoms with Gasteiger partial charge in [-0.25, -0.2) is 0 Å². The van der Waals surface area contributed by atoms with Gasteiger partial charge in [0.25, 0.3) is 0 Å². The molecule has 21 heavy (non-hydrogen) atoms. The fraction of sp³-hybridized carbons (Fsp3) is 0.333. The lowest BCUT2D eigenvalue weighted by molar-refractivity contribution is 0.162. The van der Waals surface area contributed by atoms with Crippen molar-refractivity contribution in [2.45, 2.75) is 31.8 Å². The van der Waals surface area contributed by atoms with Crippen LogP contribution in [0.15, 0.2) is 53.0 Å². The van der Waals surface area contributed by atoms with Gasteiger partial charge in [0.1, 0.15) is 5.75 Å². The van der Waals surface area contributed by atoms with Crippen LogP contribution in [-0.4, -0.2) is 18.3 Å². The molecule has 1 N–H and O–H groups in total. The first-order valence-corrected chi connectivity index (χ1v) is 8.02. The Kier molecular flexibility index (Phi) is 6.27. The van der Waals surface area contributed by atoms with Crippen molar-refractivity contribution in [2.75, 3.05) is 7.11 Å². The van der Waals surface area contributed by atoms with E-state index >= 15 is 0 Å². The van der Waals surface area contributed by atoms with Crippen molar-refractivity contribution in [3.8, 4) is 5.75 Å². The number of ether oxygens (including phenoxy) is 1. The van der Waals surface area contributed by atoms with Gasteiger partial charge in [0.2, 0.25) is 0 Å². The summed E-state index contributed by atoms with van der Waals surface area (Å²) >= 11 is 3.47. The SMILES string of the molecule is COc1ccc(CC(O)CCCc2ccccc2)cc1Br. The van der Waals surface area contributed by atoms with E-state index in [1.54, 1.807) is 7.11 Å². The number of hydrogen-bond acceptors (Lipinski definition) is 2. The van der Waals surface area contributed by atoms with Crippen LogP contribution in [0.25, 0.3) is 0 Å². The fourth-order valence-corrected chi connectivity index (χ4v) is 2.99. The van der Waals surface area contributed by atoms with Crippen LogP contribution in [0.3, 0.4) is 0 Å². The molecule has 2 nitrogen and oxygen atoms in total. The third-order valence-corrected chi connectivity index (χ3v) is 4.15. The van der Waals surface area contributed by atoms with Gasteiger partial charge < -0.3 is 9.84 Å². The minimum absolute atomic E-state index is 0.297. The van der Waals surface area contributed by atoms with Crippen molar-refractivity contribution in [3.05, 3.63) is 64.1 Å². The van der Waals surface area contributed by atoms with Crippen LogP contribution in [0.2, 0.25) is 0 Å². The molecule has 0 spiro atoms. The zero-order chi connectivity index (χ0) is 15.1. The molecule has 0 aliphatic carbocycles. The quantitative estimate of drug-likeness (QED) is 0.804. The van der Waals surface area contributed by atoms with Crippen molar-refractivity contribution in [1.29, 1.82) is 0 Å². The van der Waals surface area contributed by atoms with E-state index in [1.165, 1.54) is 5.56 Å². The lowest BCUT2D eigenvalue weighted by atomic mass is 10.0. The molecule has 0 heterocycles. The van der Waals surface area contributed by atoms with E-state index in [2.05, 4.69) is 40.2 Å². The molecule has 0 aliphatic heterocycles. The van der Waals surface area contributed by atoms with E-state index < -0.39 is 0 Å². The minimum atomic E-state index is -0.297. The topological polar surface area (TPSA) is 29.5 Å². The first kappa shape index (κ1) is 16.1. The summed E-state index contributed by atoms with van der Waals surface area (Å²) in [5.41, 5.74) is 2.45. The van der Waals surface area contributed by atoms with Gasteiger partial charge in [0, 0.05) is 0 Å². The summed E-state index contributed by atoms with van der Waals surface area (Å²) in [4.78, 5) is 0. The standard InChI is InChI=1S/C18H21BrO2/c1-21-18-11-10-15(13-17(18)19)12-16(20)9-5-8-14-6-3-2-4-7-14/h2-4,6-7,10-11,13,16,20H,5,8-9,12H2,1H3. The van der Waals surface area contributed by atoms with E-state index in [0.29, 0.717) is 6.42 Å². The molecule has 0 bridgehead atoms. The van der Waals surface area contributed by atoms with E-state index in [4.69, 9.17) is 4.74 Å². The number of hydrogen-bond donors (Lipinski definition) is 1. The van der Waals surface area contributed by atoms with Gasteiger partial charge in [-0.3, -0.25) is 0 Å². The molecule has 1 unspecified atom stereocenters. The second-order valence-electron chi connectivity index (χ2n) is 5.20. The van der Waals surface area contributed by atoms with Crippen molar-refractivity contribution < 1.29 is 9.84 Å². The molecular formula is C18H21BrO2. The Bertz CT molecular complexity index is 554. The van der Waals surface area contributed by atoms with Gasteiger partial charge >= 0.3 is 0 Å². The first-order valence-electron chi connectivity index (χ1n) is 7.23. The number of aliphatic hydroxyl groups is 1. The summed E-state index contributed by atoms with van der Waals surface area (Å²) in [6.45, 7) is 0. The fourth-order valence-electron chi connectivity index (χ4n) is 2.40. The lowest BCUT2D eigenvalue weighted by Crippen LogP contribution is -2.10. The third kappa shape index (κ3) is 5.18. The average molecular weight is 349 g/mol. The molecule has 112 valence electrons. The molecule has 0 aromatic heterocycles. The molecule has 2 aromatic rings. The lowest BCUT2D eigenvalue weighted by Gasteiger charge is -2.12. The highest BCUT2D eigenvalue weighted by atomic mass is 79.9. The van der Waals surface area contributed by atoms with E-state index in [0.717, 1.165) is 35.0 Å². The molecule has 0 fully saturated rings. The van der Waals surface area contributed by atoms with E-state index in [-0.39, 0.29) is 6.10 Å². The largest absolute Gasteiger partial charge is 0.496 e. The second-order valence-corrected chi connectivity index (χ2v) is 6.06. The maximum Gasteiger partial charge on any atom is 0.133 e. The van der Waals surface area contributed by atoms with Crippen molar-refractivity contribution in [1.82, 2.24) is 0 Å². The Hall–Kier alpha value is -1.32. The Labute approximate surface area is 134 Å². The number of aryl methyl sites for hydroxylation is 1. The third-order valence-electron chi connectivity index (χ3n) is 3.53. The van der Waals surface area contributed by atoms with Gasteiger partial charge in [-0.15, -0.1) is 0 Å². The molecule has 0 aliphatic rings. The van der Waals surface area contributed by atoms with Crippen LogP contribution >= 0.6 is 15.9 Å². The summed E-state index contributed by atoms with van der Waals surface area (Å²) in [5.74, 6) is 0.817. The highest BCUT2D eigenvalue weighted by Gasteiger charge is 2.08. The van der Waals surface area contributed by atoms with Crippen molar-refractivity contribution >= 4 is 15.9 Å². The average Bonchev–Trinajstić information content (AvgIpc) is 2.48. The van der Waals surface area contributed by atoms with Crippen LogP contribution in [0, 0.1) is 0 Å². The summed E-state index contributed by atoms with van der Waals surface area (Å²) in [5, 5.41) is 10.2. The predicted molar refractivity (Wildman–Crippen MR) is 89.8 cm³/mol. The molecule has 2 aromatic carbocycles. The highest BCUT2D eigenvalue weighted by Crippen LogP contribution is 2.26. The van der Waals surface area contributed by atoms with Crippen LogP contribution in [0.4, 0.5) is 0 Å². The number of aliphatic hydroxyl groups excluding tert-OH is 1. The maximum absolute atomic E-state index is 10.2. The molecule has 0 radical (unpaired) electrons. The monoisotopic (exact) mass is 348 g/mol. The summed E-state index contributed by atoms with van der Waals surface area (Å²) in [7, 11) is 1.65. The summed E-state index contributed by atoms with van der Waals surface area (Å²) < 4.78 is 6.14. The molecule has 3 heteroatoms. The number of benzene rings is 2. The Morgan fingerprint density at radius 3 is 2.52 bits per heavy atom. The van der Waals surface area contributed by atoms with Crippen LogP contribution in [0.1, 0.15) is 24.0 Å². The normalized spacial score (nSPS) is 12.1. The molecule has 0 saturated heterocycles. The van der Waals surface area contributed by atoms with Crippen molar-refractivity contribution in [3.63, 3.8) is 0 Å². The first-order chi connectivity index (χ1) is 10.2. The Balaban J connectivity index is 1.79. The summed E-state index contributed by atoms with van der Waals surface area (Å²) in [6.07, 6.45) is 3.22. The van der Waals surface area contributed by atoms with Gasteiger partial charge in [-0.2, -0.15) is 0 Å². The van der Waals surface area contributed by atoms with Crippen LogP contribution < -0.4 is 4.74 Å². The molecule has 2 rings (SSSR count). The van der Waals surface area contributed by atoms with Gasteiger partial charge in [0.05, 0.1) is 17.7 Å². The van der Waals surface area contributed by atoms with Crippen molar-refractivity contribution in [2.24, 2.45) is 0 Å². The Morgan fingerprint density at radius 2 is 1.86 bits per heavy atom. The zero-order valence-corrected chi connectivity index (χ0v) is 13.8. The smallest absolute Gasteiger partial charge is 0.133 e. The zero-order valence-electron chi connectivity index (χ0n) is 12.3. The number of methoxy groups -OCH3 is 1. The molecular weight excluding hydrogens is 328 g/mol. The molecule has 0 amide bonds. The van der Waals surface area contributed by atoms with E-state index in [1.807, 2.05) is 24.3 Å². The van der Waals surface area contributed by atoms with Gasteiger partial charge in [-0.1, -0.05) is 36.4 Å². The van der Waals surface area contributed by atoms with Crippen LogP contribution in [0.5, 0.6) is 5.75 Å². The number of rotatable bonds is 7.